The molecule has 4 heteroatoms. The maximum Gasteiger partial charge on any atom is 0.238 e. The van der Waals surface area contributed by atoms with Crippen LogP contribution in [-0.2, 0) is 4.79 Å². The van der Waals surface area contributed by atoms with Crippen molar-refractivity contribution in [2.24, 2.45) is 0 Å². The number of benzene rings is 1. The highest BCUT2D eigenvalue weighted by Gasteiger charge is 2.14. The van der Waals surface area contributed by atoms with Crippen molar-refractivity contribution in [2.75, 3.05) is 30.7 Å². The minimum atomic E-state index is -0.00560. The Kier molecular flexibility index (Phi) is 4.22. The first-order valence-corrected chi connectivity index (χ1v) is 6.59. The van der Waals surface area contributed by atoms with Gasteiger partial charge >= 0.3 is 0 Å². The van der Waals surface area contributed by atoms with Crippen LogP contribution in [0.1, 0.15) is 18.9 Å². The molecule has 0 spiro atoms. The van der Waals surface area contributed by atoms with Crippen LogP contribution in [0, 0.1) is 6.92 Å². The molecule has 3 N–H and O–H groups in total. The van der Waals surface area contributed by atoms with Crippen LogP contribution in [-0.4, -0.2) is 30.4 Å². The molecule has 1 aliphatic rings. The van der Waals surface area contributed by atoms with Crippen molar-refractivity contribution in [3.8, 4) is 0 Å². The lowest BCUT2D eigenvalue weighted by molar-refractivity contribution is -0.117. The average Bonchev–Trinajstić information content (AvgIpc) is 2.37. The zero-order chi connectivity index (χ0) is 13.8. The number of aryl methyl sites for hydroxylation is 1. The van der Waals surface area contributed by atoms with Crippen molar-refractivity contribution in [1.82, 2.24) is 4.90 Å². The van der Waals surface area contributed by atoms with Crippen molar-refractivity contribution in [3.05, 3.63) is 35.4 Å². The van der Waals surface area contributed by atoms with E-state index in [-0.39, 0.29) is 5.91 Å². The van der Waals surface area contributed by atoms with Gasteiger partial charge in [0.1, 0.15) is 0 Å². The van der Waals surface area contributed by atoms with Gasteiger partial charge in [-0.05, 0) is 31.9 Å². The van der Waals surface area contributed by atoms with E-state index in [9.17, 15) is 4.79 Å². The molecular weight excluding hydrogens is 238 g/mol. The Morgan fingerprint density at radius 1 is 1.42 bits per heavy atom. The summed E-state index contributed by atoms with van der Waals surface area (Å²) in [4.78, 5) is 14.2. The van der Waals surface area contributed by atoms with E-state index in [1.807, 2.05) is 19.1 Å². The van der Waals surface area contributed by atoms with Gasteiger partial charge in [-0.2, -0.15) is 0 Å². The molecule has 1 amide bonds. The third-order valence-electron chi connectivity index (χ3n) is 3.46. The average molecular weight is 259 g/mol. The maximum atomic E-state index is 12.0. The fourth-order valence-electron chi connectivity index (χ4n) is 2.20. The largest absolute Gasteiger partial charge is 0.397 e. The molecule has 0 bridgehead atoms. The normalized spacial score (nSPS) is 16.0. The summed E-state index contributed by atoms with van der Waals surface area (Å²) in [6.45, 7) is 6.28. The van der Waals surface area contributed by atoms with Gasteiger partial charge in [-0.1, -0.05) is 23.8 Å². The van der Waals surface area contributed by atoms with Crippen LogP contribution in [0.5, 0.6) is 0 Å². The van der Waals surface area contributed by atoms with E-state index in [1.54, 1.807) is 6.07 Å². The van der Waals surface area contributed by atoms with E-state index in [2.05, 4.69) is 23.2 Å². The van der Waals surface area contributed by atoms with Gasteiger partial charge < -0.3 is 11.1 Å². The Labute approximate surface area is 114 Å². The van der Waals surface area contributed by atoms with Crippen molar-refractivity contribution < 1.29 is 4.79 Å². The number of carbonyl (C=O) groups is 1. The SMILES string of the molecule is CC1=CCN(CC(=O)Nc2c(C)cccc2N)CC1. The lowest BCUT2D eigenvalue weighted by Crippen LogP contribution is -2.36. The van der Waals surface area contributed by atoms with Crippen LogP contribution >= 0.6 is 0 Å². The first kappa shape index (κ1) is 13.6. The molecular formula is C15H21N3O. The second kappa shape index (κ2) is 5.89. The van der Waals surface area contributed by atoms with E-state index < -0.39 is 0 Å². The summed E-state index contributed by atoms with van der Waals surface area (Å²) >= 11 is 0. The van der Waals surface area contributed by atoms with E-state index in [0.717, 1.165) is 30.8 Å². The fourth-order valence-corrected chi connectivity index (χ4v) is 2.20. The van der Waals surface area contributed by atoms with Gasteiger partial charge in [0.2, 0.25) is 5.91 Å². The molecule has 0 saturated carbocycles. The van der Waals surface area contributed by atoms with Gasteiger partial charge in [-0.3, -0.25) is 9.69 Å². The number of hydrogen-bond donors (Lipinski definition) is 2. The molecule has 19 heavy (non-hydrogen) atoms. The third-order valence-corrected chi connectivity index (χ3v) is 3.46. The molecule has 4 nitrogen and oxygen atoms in total. The van der Waals surface area contributed by atoms with Crippen molar-refractivity contribution in [2.45, 2.75) is 20.3 Å². The first-order valence-electron chi connectivity index (χ1n) is 6.59. The Hall–Kier alpha value is -1.81. The molecule has 0 unspecified atom stereocenters. The van der Waals surface area contributed by atoms with Crippen LogP contribution in [0.25, 0.3) is 0 Å². The van der Waals surface area contributed by atoms with E-state index in [1.165, 1.54) is 5.57 Å². The second-order valence-electron chi connectivity index (χ2n) is 5.12. The third kappa shape index (κ3) is 3.58. The molecule has 0 aromatic heterocycles. The molecule has 0 radical (unpaired) electrons. The standard InChI is InChI=1S/C15H21N3O/c1-11-6-8-18(9-7-11)10-14(19)17-15-12(2)4-3-5-13(15)16/h3-6H,7-10,16H2,1-2H3,(H,17,19). The summed E-state index contributed by atoms with van der Waals surface area (Å²) in [5.41, 5.74) is 9.62. The van der Waals surface area contributed by atoms with Gasteiger partial charge in [-0.15, -0.1) is 0 Å². The summed E-state index contributed by atoms with van der Waals surface area (Å²) in [6.07, 6.45) is 3.22. The van der Waals surface area contributed by atoms with Gasteiger partial charge in [0.25, 0.3) is 0 Å². The van der Waals surface area contributed by atoms with Crippen LogP contribution in [0.15, 0.2) is 29.8 Å². The highest BCUT2D eigenvalue weighted by molar-refractivity contribution is 5.96. The molecule has 102 valence electrons. The summed E-state index contributed by atoms with van der Waals surface area (Å²) < 4.78 is 0. The number of nitrogen functional groups attached to an aromatic ring is 1. The van der Waals surface area contributed by atoms with Crippen LogP contribution < -0.4 is 11.1 Å². The van der Waals surface area contributed by atoms with Crippen molar-refractivity contribution in [3.63, 3.8) is 0 Å². The summed E-state index contributed by atoms with van der Waals surface area (Å²) in [7, 11) is 0. The molecule has 1 aromatic rings. The predicted octanol–water partition coefficient (Wildman–Crippen LogP) is 2.17. The highest BCUT2D eigenvalue weighted by atomic mass is 16.2. The fraction of sp³-hybridized carbons (Fsp3) is 0.400. The Balaban J connectivity index is 1.95. The van der Waals surface area contributed by atoms with E-state index in [4.69, 9.17) is 5.73 Å². The Morgan fingerprint density at radius 3 is 2.84 bits per heavy atom. The van der Waals surface area contributed by atoms with Crippen LogP contribution in [0.2, 0.25) is 0 Å². The number of rotatable bonds is 3. The molecule has 1 aliphatic heterocycles. The zero-order valence-corrected chi connectivity index (χ0v) is 11.6. The number of hydrogen-bond acceptors (Lipinski definition) is 3. The lowest BCUT2D eigenvalue weighted by Gasteiger charge is -2.24. The van der Waals surface area contributed by atoms with Gasteiger partial charge in [-0.25, -0.2) is 0 Å². The number of carbonyl (C=O) groups excluding carboxylic acids is 1. The highest BCUT2D eigenvalue weighted by Crippen LogP contribution is 2.22. The second-order valence-corrected chi connectivity index (χ2v) is 5.12. The molecule has 1 aromatic carbocycles. The molecule has 0 aliphatic carbocycles. The van der Waals surface area contributed by atoms with Gasteiger partial charge in [0.15, 0.2) is 0 Å². The maximum absolute atomic E-state index is 12.0. The van der Waals surface area contributed by atoms with Crippen LogP contribution in [0.4, 0.5) is 11.4 Å². The van der Waals surface area contributed by atoms with E-state index >= 15 is 0 Å². The molecule has 0 saturated heterocycles. The van der Waals surface area contributed by atoms with Crippen molar-refractivity contribution in [1.29, 1.82) is 0 Å². The number of nitrogens with one attached hydrogen (secondary N) is 1. The number of nitrogens with zero attached hydrogens (tertiary/aromatic N) is 1. The Morgan fingerprint density at radius 2 is 2.21 bits per heavy atom. The number of nitrogens with two attached hydrogens (primary N) is 1. The van der Waals surface area contributed by atoms with E-state index in [0.29, 0.717) is 12.2 Å². The monoisotopic (exact) mass is 259 g/mol. The summed E-state index contributed by atoms with van der Waals surface area (Å²) in [6, 6.07) is 5.63. The summed E-state index contributed by atoms with van der Waals surface area (Å²) in [5, 5.41) is 2.91. The predicted molar refractivity (Wildman–Crippen MR) is 79.0 cm³/mol. The number of anilines is 2. The Bertz CT molecular complexity index is 488. The van der Waals surface area contributed by atoms with Crippen molar-refractivity contribution >= 4 is 17.3 Å². The lowest BCUT2D eigenvalue weighted by atomic mass is 10.1. The smallest absolute Gasteiger partial charge is 0.238 e. The summed E-state index contributed by atoms with van der Waals surface area (Å²) in [5.74, 6) is -0.00560. The molecule has 1 heterocycles. The van der Waals surface area contributed by atoms with Gasteiger partial charge in [0, 0.05) is 13.1 Å². The topological polar surface area (TPSA) is 58.4 Å². The quantitative estimate of drug-likeness (QED) is 0.646. The molecule has 2 rings (SSSR count). The zero-order valence-electron chi connectivity index (χ0n) is 11.6. The molecule has 0 fully saturated rings. The van der Waals surface area contributed by atoms with Gasteiger partial charge in [0.05, 0.1) is 17.9 Å². The minimum absolute atomic E-state index is 0.00560. The molecule has 0 atom stereocenters. The minimum Gasteiger partial charge on any atom is -0.397 e. The van der Waals surface area contributed by atoms with Crippen LogP contribution in [0.3, 0.4) is 0 Å². The number of amides is 1. The first-order chi connectivity index (χ1) is 9.06. The number of para-hydroxylation sites is 1.